The highest BCUT2D eigenvalue weighted by atomic mass is 32.1. The monoisotopic (exact) mass is 198 g/mol. The van der Waals surface area contributed by atoms with Gasteiger partial charge in [-0.05, 0) is 11.1 Å². The van der Waals surface area contributed by atoms with Crippen LogP contribution in [0.15, 0.2) is 24.3 Å². The number of hydrogen-bond acceptors (Lipinski definition) is 3. The average molecular weight is 198 g/mol. The average Bonchev–Trinajstić information content (AvgIpc) is 2.20. The summed E-state index contributed by atoms with van der Waals surface area (Å²) >= 11 is 4.19. The van der Waals surface area contributed by atoms with Crippen LogP contribution in [0.25, 0.3) is 0 Å². The highest BCUT2D eigenvalue weighted by Crippen LogP contribution is 2.20. The molecule has 0 heterocycles. The van der Waals surface area contributed by atoms with E-state index in [4.69, 9.17) is 10.2 Å². The molecule has 0 saturated heterocycles. The first-order valence-corrected chi connectivity index (χ1v) is 4.87. The molecule has 3 heteroatoms. The molecule has 72 valence electrons. The lowest BCUT2D eigenvalue weighted by molar-refractivity contribution is 0.192. The second-order valence-electron chi connectivity index (χ2n) is 2.92. The zero-order valence-electron chi connectivity index (χ0n) is 7.35. The molecule has 2 N–H and O–H groups in total. The van der Waals surface area contributed by atoms with E-state index >= 15 is 0 Å². The van der Waals surface area contributed by atoms with Crippen LogP contribution in [-0.2, 0) is 5.75 Å². The SMILES string of the molecule is OCC(CO)c1ccccc1CS. The summed E-state index contributed by atoms with van der Waals surface area (Å²) in [4.78, 5) is 0. The van der Waals surface area contributed by atoms with Crippen molar-refractivity contribution in [3.05, 3.63) is 35.4 Å². The summed E-state index contributed by atoms with van der Waals surface area (Å²) in [6.07, 6.45) is 0. The zero-order valence-corrected chi connectivity index (χ0v) is 8.24. The third kappa shape index (κ3) is 2.46. The molecule has 0 aromatic heterocycles. The number of hydrogen-bond donors (Lipinski definition) is 3. The maximum Gasteiger partial charge on any atom is 0.0521 e. The predicted octanol–water partition coefficient (Wildman–Crippen LogP) is 1.18. The van der Waals surface area contributed by atoms with Gasteiger partial charge in [-0.25, -0.2) is 0 Å². The minimum atomic E-state index is -0.177. The van der Waals surface area contributed by atoms with Crippen LogP contribution in [-0.4, -0.2) is 23.4 Å². The molecule has 0 unspecified atom stereocenters. The maximum absolute atomic E-state index is 9.01. The van der Waals surface area contributed by atoms with Crippen molar-refractivity contribution in [1.82, 2.24) is 0 Å². The molecule has 0 spiro atoms. The number of aliphatic hydroxyl groups is 2. The van der Waals surface area contributed by atoms with Crippen molar-refractivity contribution < 1.29 is 10.2 Å². The molecule has 0 fully saturated rings. The van der Waals surface area contributed by atoms with Crippen LogP contribution in [0.5, 0.6) is 0 Å². The van der Waals surface area contributed by atoms with Gasteiger partial charge in [0.15, 0.2) is 0 Å². The summed E-state index contributed by atoms with van der Waals surface area (Å²) in [5.74, 6) is 0.454. The molecule has 2 nitrogen and oxygen atoms in total. The molecule has 0 amide bonds. The smallest absolute Gasteiger partial charge is 0.0521 e. The van der Waals surface area contributed by atoms with Gasteiger partial charge >= 0.3 is 0 Å². The van der Waals surface area contributed by atoms with Gasteiger partial charge in [0.2, 0.25) is 0 Å². The van der Waals surface area contributed by atoms with Crippen LogP contribution in [0, 0.1) is 0 Å². The fraction of sp³-hybridized carbons (Fsp3) is 0.400. The Morgan fingerprint density at radius 2 is 1.77 bits per heavy atom. The number of rotatable bonds is 4. The lowest BCUT2D eigenvalue weighted by atomic mass is 9.96. The van der Waals surface area contributed by atoms with E-state index in [0.717, 1.165) is 11.1 Å². The molecule has 0 atom stereocenters. The van der Waals surface area contributed by atoms with Gasteiger partial charge in [-0.2, -0.15) is 12.6 Å². The van der Waals surface area contributed by atoms with Gasteiger partial charge in [-0.15, -0.1) is 0 Å². The van der Waals surface area contributed by atoms with E-state index in [9.17, 15) is 0 Å². The molecule has 1 aromatic rings. The number of benzene rings is 1. The largest absolute Gasteiger partial charge is 0.396 e. The molecule has 0 radical (unpaired) electrons. The standard InChI is InChI=1S/C10H14O2S/c11-5-9(6-12)10-4-2-1-3-8(10)7-13/h1-4,9,11-13H,5-7H2. The predicted molar refractivity (Wildman–Crippen MR) is 56.0 cm³/mol. The third-order valence-corrected chi connectivity index (χ3v) is 2.45. The molecule has 0 aliphatic rings. The topological polar surface area (TPSA) is 40.5 Å². The van der Waals surface area contributed by atoms with Crippen molar-refractivity contribution in [2.24, 2.45) is 0 Å². The summed E-state index contributed by atoms with van der Waals surface area (Å²) in [5, 5.41) is 18.0. The van der Waals surface area contributed by atoms with Gasteiger partial charge in [0.25, 0.3) is 0 Å². The Morgan fingerprint density at radius 3 is 2.31 bits per heavy atom. The second-order valence-corrected chi connectivity index (χ2v) is 3.24. The molecule has 0 saturated carbocycles. The molecule has 13 heavy (non-hydrogen) atoms. The van der Waals surface area contributed by atoms with Gasteiger partial charge in [0, 0.05) is 11.7 Å². The fourth-order valence-corrected chi connectivity index (χ4v) is 1.62. The van der Waals surface area contributed by atoms with Gasteiger partial charge in [0.05, 0.1) is 13.2 Å². The summed E-state index contributed by atoms with van der Waals surface area (Å²) in [6, 6.07) is 7.71. The third-order valence-electron chi connectivity index (χ3n) is 2.11. The highest BCUT2D eigenvalue weighted by Gasteiger charge is 2.11. The Balaban J connectivity index is 2.96. The Labute approximate surface area is 83.6 Å². The van der Waals surface area contributed by atoms with Crippen molar-refractivity contribution in [2.75, 3.05) is 13.2 Å². The molecule has 0 aliphatic carbocycles. The summed E-state index contributed by atoms with van der Waals surface area (Å²) in [7, 11) is 0. The van der Waals surface area contributed by atoms with Crippen molar-refractivity contribution in [2.45, 2.75) is 11.7 Å². The van der Waals surface area contributed by atoms with Crippen molar-refractivity contribution in [3.8, 4) is 0 Å². The molecule has 0 aliphatic heterocycles. The van der Waals surface area contributed by atoms with E-state index in [0.29, 0.717) is 5.75 Å². The Morgan fingerprint density at radius 1 is 1.15 bits per heavy atom. The zero-order chi connectivity index (χ0) is 9.68. The molecule has 0 bridgehead atoms. The Bertz CT molecular complexity index is 259. The lowest BCUT2D eigenvalue weighted by Crippen LogP contribution is -2.10. The minimum absolute atomic E-state index is 0.0265. The first kappa shape index (κ1) is 10.6. The van der Waals surface area contributed by atoms with Crippen LogP contribution in [0.1, 0.15) is 17.0 Å². The van der Waals surface area contributed by atoms with Crippen molar-refractivity contribution in [1.29, 1.82) is 0 Å². The number of aliphatic hydroxyl groups excluding tert-OH is 2. The molecular weight excluding hydrogens is 184 g/mol. The normalized spacial score (nSPS) is 10.8. The Kier molecular flexibility index (Phi) is 4.28. The van der Waals surface area contributed by atoms with Crippen LogP contribution in [0.4, 0.5) is 0 Å². The van der Waals surface area contributed by atoms with Crippen LogP contribution in [0.2, 0.25) is 0 Å². The first-order chi connectivity index (χ1) is 6.33. The van der Waals surface area contributed by atoms with Gasteiger partial charge in [0.1, 0.15) is 0 Å². The maximum atomic E-state index is 9.01. The van der Waals surface area contributed by atoms with Crippen molar-refractivity contribution >= 4 is 12.6 Å². The summed E-state index contributed by atoms with van der Waals surface area (Å²) in [6.45, 7) is -0.0530. The fourth-order valence-electron chi connectivity index (χ4n) is 1.33. The van der Waals surface area contributed by atoms with E-state index in [-0.39, 0.29) is 19.1 Å². The lowest BCUT2D eigenvalue weighted by Gasteiger charge is -2.14. The minimum Gasteiger partial charge on any atom is -0.396 e. The van der Waals surface area contributed by atoms with E-state index in [2.05, 4.69) is 12.6 Å². The highest BCUT2D eigenvalue weighted by molar-refractivity contribution is 7.79. The van der Waals surface area contributed by atoms with Gasteiger partial charge in [-0.3, -0.25) is 0 Å². The second kappa shape index (κ2) is 5.27. The van der Waals surface area contributed by atoms with Crippen LogP contribution < -0.4 is 0 Å². The summed E-state index contributed by atoms with van der Waals surface area (Å²) in [5.41, 5.74) is 2.06. The van der Waals surface area contributed by atoms with Crippen LogP contribution >= 0.6 is 12.6 Å². The van der Waals surface area contributed by atoms with E-state index in [1.54, 1.807) is 0 Å². The van der Waals surface area contributed by atoms with Gasteiger partial charge in [-0.1, -0.05) is 24.3 Å². The van der Waals surface area contributed by atoms with Gasteiger partial charge < -0.3 is 10.2 Å². The molecular formula is C10H14O2S. The first-order valence-electron chi connectivity index (χ1n) is 4.23. The van der Waals surface area contributed by atoms with E-state index in [1.807, 2.05) is 24.3 Å². The van der Waals surface area contributed by atoms with E-state index < -0.39 is 0 Å². The van der Waals surface area contributed by atoms with Crippen LogP contribution in [0.3, 0.4) is 0 Å². The number of thiol groups is 1. The van der Waals surface area contributed by atoms with Crippen molar-refractivity contribution in [3.63, 3.8) is 0 Å². The summed E-state index contributed by atoms with van der Waals surface area (Å²) < 4.78 is 0. The molecule has 1 aromatic carbocycles. The van der Waals surface area contributed by atoms with E-state index in [1.165, 1.54) is 0 Å². The Hall–Kier alpha value is -0.510. The molecule has 1 rings (SSSR count). The quantitative estimate of drug-likeness (QED) is 0.636.